The summed E-state index contributed by atoms with van der Waals surface area (Å²) in [6.07, 6.45) is 0. The lowest BCUT2D eigenvalue weighted by atomic mass is 9.53. The normalized spacial score (nSPS) is 44.1. The Kier molecular flexibility index (Phi) is 3.77. The van der Waals surface area contributed by atoms with Crippen LogP contribution in [-0.4, -0.2) is 84.1 Å². The van der Waals surface area contributed by atoms with Gasteiger partial charge in [-0.05, 0) is 34.5 Å². The first kappa shape index (κ1) is 16.1. The van der Waals surface area contributed by atoms with E-state index in [1.165, 1.54) is 0 Å². The molecule has 0 bridgehead atoms. The van der Waals surface area contributed by atoms with Crippen molar-refractivity contribution < 1.29 is 56.0 Å². The van der Waals surface area contributed by atoms with Crippen LogP contribution in [-0.2, 0) is 28.7 Å². The van der Waals surface area contributed by atoms with Crippen molar-refractivity contribution >= 4 is 28.9 Å². The molecule has 0 aliphatic carbocycles. The average Bonchev–Trinajstić information content (AvgIpc) is 2.81. The first-order valence-corrected chi connectivity index (χ1v) is 7.08. The van der Waals surface area contributed by atoms with Gasteiger partial charge in [0.05, 0.1) is 6.61 Å². The second kappa shape index (κ2) is 6.33. The van der Waals surface area contributed by atoms with E-state index >= 15 is 0 Å². The van der Waals surface area contributed by atoms with Crippen LogP contribution >= 0.6 is 0 Å². The van der Waals surface area contributed by atoms with Crippen LogP contribution in [0.4, 0.5) is 0 Å². The summed E-state index contributed by atoms with van der Waals surface area (Å²) in [6, 6.07) is 0. The van der Waals surface area contributed by atoms with E-state index in [0.717, 1.165) is 0 Å². The molecule has 11 nitrogen and oxygen atoms in total. The number of nitrogens with two attached hydrogens (primary N) is 1. The van der Waals surface area contributed by atoms with Crippen LogP contribution in [0.15, 0.2) is 0 Å². The van der Waals surface area contributed by atoms with Crippen LogP contribution < -0.4 is 5.73 Å². The van der Waals surface area contributed by atoms with E-state index in [-0.39, 0.29) is 0 Å². The molecular formula is C16H23NO10. The summed E-state index contributed by atoms with van der Waals surface area (Å²) in [7, 11) is 0. The molecule has 6 N–H and O–H groups in total. The predicted molar refractivity (Wildman–Crippen MR) is 86.1 cm³/mol. The summed E-state index contributed by atoms with van der Waals surface area (Å²) in [5.74, 6) is -9.62. The Hall–Kier alpha value is -1.89. The molecule has 1 aliphatic rings. The van der Waals surface area contributed by atoms with Gasteiger partial charge in [-0.25, -0.2) is 0 Å². The van der Waals surface area contributed by atoms with Gasteiger partial charge in [0, 0.05) is 6.85 Å². The monoisotopic (exact) mass is 394 g/mol. The van der Waals surface area contributed by atoms with Crippen molar-refractivity contribution in [2.75, 3.05) is 6.61 Å². The maximum Gasteiger partial charge on any atom is 0.216 e. The summed E-state index contributed by atoms with van der Waals surface area (Å²) >= 11 is 0. The molecule has 0 aromatic heterocycles. The smallest absolute Gasteiger partial charge is 0.216 e. The van der Waals surface area contributed by atoms with Crippen molar-refractivity contribution in [2.24, 2.45) is 5.73 Å². The van der Waals surface area contributed by atoms with Crippen LogP contribution in [0.1, 0.15) is 41.4 Å². The summed E-state index contributed by atoms with van der Waals surface area (Å²) in [4.78, 5) is 63.4. The second-order valence-corrected chi connectivity index (χ2v) is 6.07. The zero-order valence-corrected chi connectivity index (χ0v) is 14.1. The second-order valence-electron chi connectivity index (χ2n) is 6.07. The van der Waals surface area contributed by atoms with Crippen LogP contribution in [0.5, 0.6) is 0 Å². The standard InChI is InChI=1S/C16H23NO10/c1-7(19)12(6-18)13(24,8(2)20)14(25,9(3)21)15(26,10(4)22)16(17,27-12)11(5)23/h18,24-26H,6,17H2,1-5H3/t12-,13+,14-,15+,16?/m0/s1/i1D,2D,3D,4D,5D. The van der Waals surface area contributed by atoms with Crippen molar-refractivity contribution in [3.05, 3.63) is 0 Å². The minimum atomic E-state index is -4.40. The topological polar surface area (TPSA) is 202 Å². The number of carbonyl (C=O) groups is 5. The fraction of sp³-hybridized carbons (Fsp3) is 0.688. The summed E-state index contributed by atoms with van der Waals surface area (Å²) in [6.45, 7) is -9.46. The van der Waals surface area contributed by atoms with Crippen molar-refractivity contribution in [2.45, 2.75) is 62.6 Å². The van der Waals surface area contributed by atoms with E-state index in [1.807, 2.05) is 0 Å². The highest BCUT2D eigenvalue weighted by molar-refractivity contribution is 6.12. The minimum absolute atomic E-state index is 1.43. The highest BCUT2D eigenvalue weighted by atomic mass is 16.6. The molecule has 1 rings (SSSR count). The molecule has 1 saturated heterocycles. The Morgan fingerprint density at radius 3 is 1.59 bits per heavy atom. The Bertz CT molecular complexity index is 844. The van der Waals surface area contributed by atoms with Gasteiger partial charge in [0.25, 0.3) is 0 Å². The molecule has 1 aliphatic heterocycles. The third kappa shape index (κ3) is 2.21. The van der Waals surface area contributed by atoms with E-state index in [0.29, 0.717) is 0 Å². The molecule has 0 saturated carbocycles. The van der Waals surface area contributed by atoms with Crippen LogP contribution in [0.3, 0.4) is 0 Å². The number of aliphatic hydroxyl groups is 4. The Labute approximate surface area is 161 Å². The lowest BCUT2D eigenvalue weighted by molar-refractivity contribution is -0.363. The van der Waals surface area contributed by atoms with Gasteiger partial charge >= 0.3 is 0 Å². The molecule has 1 fully saturated rings. The maximum atomic E-state index is 12.8. The van der Waals surface area contributed by atoms with E-state index < -0.39 is 98.2 Å². The first-order valence-electron chi connectivity index (χ1n) is 10.6. The van der Waals surface area contributed by atoms with Crippen molar-refractivity contribution in [3.63, 3.8) is 0 Å². The summed E-state index contributed by atoms with van der Waals surface area (Å²) in [5, 5.41) is 44.0. The van der Waals surface area contributed by atoms with Crippen LogP contribution in [0.25, 0.3) is 0 Å². The SMILES string of the molecule is [2H]CC(=O)C1(N)O[C@@](CO)(C(=O)C[2H])[C@](O)(C(=O)C[2H])[C@@](O)(C(=O)C[2H])[C@]1(O)C(=O)C[2H]. The van der Waals surface area contributed by atoms with E-state index in [4.69, 9.17) is 17.3 Å². The zero-order valence-electron chi connectivity index (χ0n) is 19.1. The van der Waals surface area contributed by atoms with Crippen LogP contribution in [0.2, 0.25) is 0 Å². The number of aliphatic hydroxyl groups excluding tert-OH is 1. The largest absolute Gasteiger partial charge is 0.393 e. The Balaban J connectivity index is 4.49. The van der Waals surface area contributed by atoms with Gasteiger partial charge in [-0.2, -0.15) is 0 Å². The third-order valence-electron chi connectivity index (χ3n) is 4.80. The van der Waals surface area contributed by atoms with Gasteiger partial charge in [0.1, 0.15) is 0 Å². The summed E-state index contributed by atoms with van der Waals surface area (Å²) in [5.41, 5.74) is -14.6. The molecule has 0 aromatic rings. The molecule has 0 radical (unpaired) electrons. The number of ketones is 5. The van der Waals surface area contributed by atoms with Gasteiger partial charge in [0.2, 0.25) is 22.5 Å². The van der Waals surface area contributed by atoms with Gasteiger partial charge in [0.15, 0.2) is 34.5 Å². The molecule has 1 heterocycles. The molecule has 27 heavy (non-hydrogen) atoms. The number of rotatable bonds is 6. The number of hydrogen-bond donors (Lipinski definition) is 5. The molecule has 1 unspecified atom stereocenters. The first-order chi connectivity index (χ1) is 14.7. The predicted octanol–water partition coefficient (Wildman–Crippen LogP) is -3.46. The molecule has 0 spiro atoms. The quantitative estimate of drug-likeness (QED) is 0.300. The molecule has 0 amide bonds. The third-order valence-corrected chi connectivity index (χ3v) is 4.80. The number of carbonyl (C=O) groups excluding carboxylic acids is 5. The molecule has 11 heteroatoms. The van der Waals surface area contributed by atoms with E-state index in [2.05, 4.69) is 0 Å². The van der Waals surface area contributed by atoms with Crippen LogP contribution in [0, 0.1) is 0 Å². The van der Waals surface area contributed by atoms with Gasteiger partial charge in [-0.15, -0.1) is 0 Å². The van der Waals surface area contributed by atoms with E-state index in [1.54, 1.807) is 0 Å². The van der Waals surface area contributed by atoms with Gasteiger partial charge in [-0.3, -0.25) is 29.7 Å². The van der Waals surface area contributed by atoms with Crippen molar-refractivity contribution in [3.8, 4) is 0 Å². The fourth-order valence-electron chi connectivity index (χ4n) is 3.24. The maximum absolute atomic E-state index is 12.8. The highest BCUT2D eigenvalue weighted by Crippen LogP contribution is 2.54. The molecule has 0 aromatic carbocycles. The zero-order chi connectivity index (χ0) is 25.3. The number of Topliss-reactive ketones (excluding diaryl/α,β-unsaturated/α-hetero) is 5. The highest BCUT2D eigenvalue weighted by Gasteiger charge is 2.87. The number of hydrogen-bond acceptors (Lipinski definition) is 11. The van der Waals surface area contributed by atoms with Crippen molar-refractivity contribution in [1.29, 1.82) is 0 Å². The number of ether oxygens (including phenoxy) is 1. The minimum Gasteiger partial charge on any atom is -0.393 e. The van der Waals surface area contributed by atoms with Gasteiger partial charge < -0.3 is 25.2 Å². The Morgan fingerprint density at radius 1 is 0.778 bits per heavy atom. The van der Waals surface area contributed by atoms with Crippen molar-refractivity contribution in [1.82, 2.24) is 0 Å². The molecular weight excluding hydrogens is 366 g/mol. The molecule has 152 valence electrons. The lowest BCUT2D eigenvalue weighted by Gasteiger charge is -2.63. The fourth-order valence-corrected chi connectivity index (χ4v) is 3.24. The summed E-state index contributed by atoms with van der Waals surface area (Å²) < 4.78 is 41.4. The average molecular weight is 394 g/mol. The molecule has 5 atom stereocenters. The Morgan fingerprint density at radius 2 is 1.19 bits per heavy atom. The lowest BCUT2D eigenvalue weighted by Crippen LogP contribution is -2.96. The van der Waals surface area contributed by atoms with Gasteiger partial charge in [-0.1, -0.05) is 0 Å². The van der Waals surface area contributed by atoms with E-state index in [9.17, 15) is 44.4 Å².